The normalized spacial score (nSPS) is 29.0. The molecule has 2 rings (SSSR count). The summed E-state index contributed by atoms with van der Waals surface area (Å²) in [5, 5.41) is 3.57. The van der Waals surface area contributed by atoms with E-state index in [2.05, 4.69) is 54.5 Å². The molecule has 1 heterocycles. The third kappa shape index (κ3) is 1.97. The second-order valence-corrected chi connectivity index (χ2v) is 4.16. The Morgan fingerprint density at radius 1 is 1.29 bits per heavy atom. The molecule has 0 aliphatic carbocycles. The predicted octanol–water partition coefficient (Wildman–Crippen LogP) is 1.65. The van der Waals surface area contributed by atoms with Crippen LogP contribution in [0, 0.1) is 0 Å². The SMILES string of the molecule is CC1CNC(c2ccccc2)CN1C. The van der Waals surface area contributed by atoms with E-state index in [9.17, 15) is 0 Å². The van der Waals surface area contributed by atoms with E-state index in [1.165, 1.54) is 5.56 Å². The number of nitrogens with one attached hydrogen (secondary N) is 1. The van der Waals surface area contributed by atoms with Gasteiger partial charge in [0.05, 0.1) is 0 Å². The lowest BCUT2D eigenvalue weighted by atomic mass is 10.0. The first-order chi connectivity index (χ1) is 6.77. The molecule has 0 aromatic heterocycles. The van der Waals surface area contributed by atoms with Crippen molar-refractivity contribution in [2.24, 2.45) is 0 Å². The Morgan fingerprint density at radius 3 is 2.64 bits per heavy atom. The number of rotatable bonds is 1. The lowest BCUT2D eigenvalue weighted by Crippen LogP contribution is -2.49. The van der Waals surface area contributed by atoms with Crippen molar-refractivity contribution < 1.29 is 0 Å². The van der Waals surface area contributed by atoms with Crippen LogP contribution in [0.4, 0.5) is 0 Å². The van der Waals surface area contributed by atoms with Crippen molar-refractivity contribution in [3.63, 3.8) is 0 Å². The molecule has 14 heavy (non-hydrogen) atoms. The summed E-state index contributed by atoms with van der Waals surface area (Å²) in [6, 6.07) is 11.8. The number of nitrogens with zero attached hydrogens (tertiary/aromatic N) is 1. The summed E-state index contributed by atoms with van der Waals surface area (Å²) in [5.74, 6) is 0. The summed E-state index contributed by atoms with van der Waals surface area (Å²) in [6.45, 7) is 4.44. The van der Waals surface area contributed by atoms with Gasteiger partial charge in [-0.05, 0) is 19.5 Å². The smallest absolute Gasteiger partial charge is 0.0449 e. The Hall–Kier alpha value is -0.860. The monoisotopic (exact) mass is 190 g/mol. The van der Waals surface area contributed by atoms with Crippen LogP contribution in [0.3, 0.4) is 0 Å². The molecule has 2 nitrogen and oxygen atoms in total. The molecule has 0 spiro atoms. The lowest BCUT2D eigenvalue weighted by molar-refractivity contribution is 0.176. The number of piperazine rings is 1. The zero-order valence-corrected chi connectivity index (χ0v) is 8.90. The van der Waals surface area contributed by atoms with Crippen molar-refractivity contribution in [1.29, 1.82) is 0 Å². The average Bonchev–Trinajstić information content (AvgIpc) is 2.23. The molecule has 2 atom stereocenters. The number of benzene rings is 1. The van der Waals surface area contributed by atoms with Crippen LogP contribution in [0.15, 0.2) is 30.3 Å². The minimum atomic E-state index is 0.498. The molecule has 1 aromatic rings. The largest absolute Gasteiger partial charge is 0.307 e. The Labute approximate surface area is 85.9 Å². The van der Waals surface area contributed by atoms with Gasteiger partial charge in [-0.1, -0.05) is 30.3 Å². The summed E-state index contributed by atoms with van der Waals surface area (Å²) in [4.78, 5) is 2.41. The van der Waals surface area contributed by atoms with Crippen molar-refractivity contribution in [2.45, 2.75) is 19.0 Å². The molecule has 76 valence electrons. The van der Waals surface area contributed by atoms with Crippen LogP contribution in [0.5, 0.6) is 0 Å². The highest BCUT2D eigenvalue weighted by atomic mass is 15.2. The highest BCUT2D eigenvalue weighted by Gasteiger charge is 2.22. The standard InChI is InChI=1S/C12H18N2/c1-10-8-13-12(9-14(10)2)11-6-4-3-5-7-11/h3-7,10,12-13H,8-9H2,1-2H3. The van der Waals surface area contributed by atoms with Gasteiger partial charge >= 0.3 is 0 Å². The summed E-state index contributed by atoms with van der Waals surface area (Å²) < 4.78 is 0. The Morgan fingerprint density at radius 2 is 2.00 bits per heavy atom. The van der Waals surface area contributed by atoms with E-state index in [1.807, 2.05) is 0 Å². The van der Waals surface area contributed by atoms with E-state index >= 15 is 0 Å². The molecule has 2 unspecified atom stereocenters. The van der Waals surface area contributed by atoms with Crippen LogP contribution in [-0.2, 0) is 0 Å². The van der Waals surface area contributed by atoms with Crippen molar-refractivity contribution >= 4 is 0 Å². The molecule has 0 radical (unpaired) electrons. The third-order valence-electron chi connectivity index (χ3n) is 3.08. The molecule has 1 saturated heterocycles. The van der Waals surface area contributed by atoms with Gasteiger partial charge in [0.25, 0.3) is 0 Å². The highest BCUT2D eigenvalue weighted by molar-refractivity contribution is 5.19. The van der Waals surface area contributed by atoms with Gasteiger partial charge in [-0.3, -0.25) is 0 Å². The maximum Gasteiger partial charge on any atom is 0.0449 e. The molecule has 0 amide bonds. The quantitative estimate of drug-likeness (QED) is 0.724. The molecule has 0 bridgehead atoms. The van der Waals surface area contributed by atoms with E-state index in [0.717, 1.165) is 13.1 Å². The number of hydrogen-bond donors (Lipinski definition) is 1. The first kappa shape index (κ1) is 9.69. The molecule has 1 fully saturated rings. The van der Waals surface area contributed by atoms with Crippen molar-refractivity contribution in [3.05, 3.63) is 35.9 Å². The maximum absolute atomic E-state index is 3.57. The van der Waals surface area contributed by atoms with Crippen molar-refractivity contribution in [2.75, 3.05) is 20.1 Å². The molecule has 1 N–H and O–H groups in total. The lowest BCUT2D eigenvalue weighted by Gasteiger charge is -2.36. The average molecular weight is 190 g/mol. The Balaban J connectivity index is 2.07. The summed E-state index contributed by atoms with van der Waals surface area (Å²) in [5.41, 5.74) is 1.39. The van der Waals surface area contributed by atoms with Crippen LogP contribution in [0.1, 0.15) is 18.5 Å². The van der Waals surface area contributed by atoms with Gasteiger partial charge in [-0.15, -0.1) is 0 Å². The van der Waals surface area contributed by atoms with Crippen LogP contribution >= 0.6 is 0 Å². The summed E-state index contributed by atoms with van der Waals surface area (Å²) in [7, 11) is 2.20. The van der Waals surface area contributed by atoms with Gasteiger partial charge in [-0.2, -0.15) is 0 Å². The van der Waals surface area contributed by atoms with E-state index in [-0.39, 0.29) is 0 Å². The zero-order valence-electron chi connectivity index (χ0n) is 8.90. The molecule has 0 saturated carbocycles. The summed E-state index contributed by atoms with van der Waals surface area (Å²) >= 11 is 0. The fourth-order valence-electron chi connectivity index (χ4n) is 1.91. The fourth-order valence-corrected chi connectivity index (χ4v) is 1.91. The van der Waals surface area contributed by atoms with Gasteiger partial charge in [-0.25, -0.2) is 0 Å². The second kappa shape index (κ2) is 4.11. The minimum absolute atomic E-state index is 0.498. The number of hydrogen-bond acceptors (Lipinski definition) is 2. The molecule has 1 aliphatic heterocycles. The van der Waals surface area contributed by atoms with E-state index in [1.54, 1.807) is 0 Å². The van der Waals surface area contributed by atoms with E-state index in [4.69, 9.17) is 0 Å². The maximum atomic E-state index is 3.57. The van der Waals surface area contributed by atoms with E-state index in [0.29, 0.717) is 12.1 Å². The van der Waals surface area contributed by atoms with Gasteiger partial charge in [0.1, 0.15) is 0 Å². The highest BCUT2D eigenvalue weighted by Crippen LogP contribution is 2.17. The molecule has 1 aliphatic rings. The minimum Gasteiger partial charge on any atom is -0.307 e. The number of likely N-dealkylation sites (N-methyl/N-ethyl adjacent to an activating group) is 1. The van der Waals surface area contributed by atoms with Crippen molar-refractivity contribution in [1.82, 2.24) is 10.2 Å². The van der Waals surface area contributed by atoms with Crippen LogP contribution < -0.4 is 5.32 Å². The Kier molecular flexibility index (Phi) is 2.85. The Bertz CT molecular complexity index is 284. The fraction of sp³-hybridized carbons (Fsp3) is 0.500. The summed E-state index contributed by atoms with van der Waals surface area (Å²) in [6.07, 6.45) is 0. The van der Waals surface area contributed by atoms with Crippen LogP contribution in [-0.4, -0.2) is 31.1 Å². The van der Waals surface area contributed by atoms with Crippen molar-refractivity contribution in [3.8, 4) is 0 Å². The molecule has 2 heteroatoms. The van der Waals surface area contributed by atoms with Gasteiger partial charge in [0.15, 0.2) is 0 Å². The van der Waals surface area contributed by atoms with Crippen LogP contribution in [0.25, 0.3) is 0 Å². The van der Waals surface area contributed by atoms with Gasteiger partial charge < -0.3 is 10.2 Å². The second-order valence-electron chi connectivity index (χ2n) is 4.16. The van der Waals surface area contributed by atoms with Gasteiger partial charge in [0.2, 0.25) is 0 Å². The third-order valence-corrected chi connectivity index (χ3v) is 3.08. The molecule has 1 aromatic carbocycles. The first-order valence-corrected chi connectivity index (χ1v) is 5.26. The van der Waals surface area contributed by atoms with Gasteiger partial charge in [0, 0.05) is 25.2 Å². The predicted molar refractivity (Wildman–Crippen MR) is 59.3 cm³/mol. The first-order valence-electron chi connectivity index (χ1n) is 5.26. The van der Waals surface area contributed by atoms with E-state index < -0.39 is 0 Å². The topological polar surface area (TPSA) is 15.3 Å². The van der Waals surface area contributed by atoms with Crippen LogP contribution in [0.2, 0.25) is 0 Å². The molecular formula is C12H18N2. The zero-order chi connectivity index (χ0) is 9.97. The molecular weight excluding hydrogens is 172 g/mol.